The molecule has 0 bridgehead atoms. The molecule has 0 radical (unpaired) electrons. The maximum absolute atomic E-state index is 5.44. The average molecular weight is 596 g/mol. The Bertz CT molecular complexity index is 1680. The Kier molecular flexibility index (Phi) is 10.0. The minimum atomic E-state index is 0.704. The van der Waals surface area contributed by atoms with E-state index in [0.717, 1.165) is 44.9 Å². The Hall–Kier alpha value is -5.68. The molecule has 5 rings (SSSR count). The fraction of sp³-hybridized carbons (Fsp3) is 0.100. The number of hydrogen-bond acceptors (Lipinski definition) is 5. The number of methoxy groups -OCH3 is 4. The molecule has 0 atom stereocenters. The van der Waals surface area contributed by atoms with Crippen molar-refractivity contribution in [2.45, 2.75) is 0 Å². The number of hydrogen-bond donors (Lipinski definition) is 0. The van der Waals surface area contributed by atoms with Gasteiger partial charge in [-0.2, -0.15) is 0 Å². The average Bonchev–Trinajstić information content (AvgIpc) is 3.11. The van der Waals surface area contributed by atoms with E-state index in [-0.39, 0.29) is 0 Å². The van der Waals surface area contributed by atoms with E-state index in [1.807, 2.05) is 42.5 Å². The molecule has 0 saturated carbocycles. The molecule has 0 unspecified atom stereocenters. The summed E-state index contributed by atoms with van der Waals surface area (Å²) in [6, 6.07) is 37.2. The molecule has 5 heteroatoms. The molecule has 5 nitrogen and oxygen atoms in total. The molecule has 0 aliphatic carbocycles. The Morgan fingerprint density at radius 1 is 0.400 bits per heavy atom. The van der Waals surface area contributed by atoms with Crippen LogP contribution in [0.5, 0.6) is 23.0 Å². The lowest BCUT2D eigenvalue weighted by Gasteiger charge is -2.26. The first-order valence-electron chi connectivity index (χ1n) is 14.6. The third-order valence-corrected chi connectivity index (χ3v) is 7.44. The number of nitrogens with zero attached hydrogens (tertiary/aromatic N) is 1. The van der Waals surface area contributed by atoms with E-state index in [9.17, 15) is 0 Å². The van der Waals surface area contributed by atoms with Crippen molar-refractivity contribution in [3.8, 4) is 23.0 Å². The Morgan fingerprint density at radius 2 is 0.711 bits per heavy atom. The first-order chi connectivity index (χ1) is 22.0. The zero-order valence-corrected chi connectivity index (χ0v) is 26.1. The summed E-state index contributed by atoms with van der Waals surface area (Å²) < 4.78 is 21.6. The molecule has 45 heavy (non-hydrogen) atoms. The second-order valence-electron chi connectivity index (χ2n) is 10.2. The molecule has 0 aromatic heterocycles. The number of rotatable bonds is 12. The Morgan fingerprint density at radius 3 is 1.04 bits per heavy atom. The second kappa shape index (κ2) is 14.7. The van der Waals surface area contributed by atoms with Gasteiger partial charge in [0.15, 0.2) is 23.0 Å². The first kappa shape index (κ1) is 30.8. The van der Waals surface area contributed by atoms with E-state index in [2.05, 4.69) is 109 Å². The highest BCUT2D eigenvalue weighted by atomic mass is 16.5. The van der Waals surface area contributed by atoms with Crippen molar-refractivity contribution in [1.29, 1.82) is 0 Å². The van der Waals surface area contributed by atoms with Crippen LogP contribution < -0.4 is 23.8 Å². The number of ether oxygens (including phenoxy) is 4. The quantitative estimate of drug-likeness (QED) is 0.134. The maximum Gasteiger partial charge on any atom is 0.161 e. The van der Waals surface area contributed by atoms with E-state index in [1.165, 1.54) is 0 Å². The minimum absolute atomic E-state index is 0.704. The maximum atomic E-state index is 5.44. The number of anilines is 3. The van der Waals surface area contributed by atoms with Gasteiger partial charge in [-0.05, 0) is 88.5 Å². The van der Waals surface area contributed by atoms with Gasteiger partial charge in [0, 0.05) is 17.1 Å². The van der Waals surface area contributed by atoms with Gasteiger partial charge in [-0.3, -0.25) is 0 Å². The summed E-state index contributed by atoms with van der Waals surface area (Å²) >= 11 is 0. The third kappa shape index (κ3) is 7.46. The summed E-state index contributed by atoms with van der Waals surface area (Å²) in [6.07, 6.45) is 10.2. The summed E-state index contributed by atoms with van der Waals surface area (Å²) in [5.74, 6) is 2.83. The van der Waals surface area contributed by atoms with Gasteiger partial charge >= 0.3 is 0 Å². The molecule has 0 amide bonds. The van der Waals surface area contributed by atoms with Gasteiger partial charge in [0.05, 0.1) is 28.4 Å². The summed E-state index contributed by atoms with van der Waals surface area (Å²) in [4.78, 5) is 2.25. The van der Waals surface area contributed by atoms with Crippen LogP contribution in [0.3, 0.4) is 0 Å². The molecule has 0 N–H and O–H groups in total. The van der Waals surface area contributed by atoms with E-state index in [1.54, 1.807) is 28.4 Å². The van der Waals surface area contributed by atoms with Gasteiger partial charge in [-0.1, -0.05) is 85.5 Å². The molecule has 0 aliphatic heterocycles. The topological polar surface area (TPSA) is 40.2 Å². The zero-order valence-electron chi connectivity index (χ0n) is 26.1. The van der Waals surface area contributed by atoms with Crippen LogP contribution in [0.15, 0.2) is 116 Å². The van der Waals surface area contributed by atoms with Crippen LogP contribution in [0.4, 0.5) is 17.1 Å². The van der Waals surface area contributed by atoms with Crippen molar-refractivity contribution in [1.82, 2.24) is 0 Å². The highest BCUT2D eigenvalue weighted by Gasteiger charge is 2.12. The van der Waals surface area contributed by atoms with E-state index < -0.39 is 0 Å². The fourth-order valence-electron chi connectivity index (χ4n) is 4.97. The molecule has 0 heterocycles. The van der Waals surface area contributed by atoms with Crippen molar-refractivity contribution in [3.63, 3.8) is 0 Å². The highest BCUT2D eigenvalue weighted by molar-refractivity contribution is 5.80. The summed E-state index contributed by atoms with van der Waals surface area (Å²) in [6.45, 7) is 3.90. The molecule has 5 aromatic rings. The molecule has 0 aliphatic rings. The predicted octanol–water partition coefficient (Wildman–Crippen LogP) is 10.2. The minimum Gasteiger partial charge on any atom is -0.493 e. The van der Waals surface area contributed by atoms with Crippen molar-refractivity contribution < 1.29 is 18.9 Å². The van der Waals surface area contributed by atoms with Gasteiger partial charge in [-0.25, -0.2) is 0 Å². The van der Waals surface area contributed by atoms with Gasteiger partial charge in [0.25, 0.3) is 0 Å². The van der Waals surface area contributed by atoms with Gasteiger partial charge in [0.1, 0.15) is 0 Å². The Labute approximate surface area is 265 Å². The molecule has 0 saturated heterocycles. The summed E-state index contributed by atoms with van der Waals surface area (Å²) in [5.41, 5.74) is 8.48. The third-order valence-electron chi connectivity index (χ3n) is 7.44. The van der Waals surface area contributed by atoms with Crippen molar-refractivity contribution in [3.05, 3.63) is 144 Å². The lowest BCUT2D eigenvalue weighted by atomic mass is 10.1. The monoisotopic (exact) mass is 595 g/mol. The summed E-state index contributed by atoms with van der Waals surface area (Å²) in [7, 11) is 6.56. The highest BCUT2D eigenvalue weighted by Crippen LogP contribution is 2.36. The van der Waals surface area contributed by atoms with Crippen molar-refractivity contribution >= 4 is 47.4 Å². The van der Waals surface area contributed by atoms with E-state index >= 15 is 0 Å². The van der Waals surface area contributed by atoms with Gasteiger partial charge in [0.2, 0.25) is 0 Å². The van der Waals surface area contributed by atoms with E-state index in [0.29, 0.717) is 23.0 Å². The Balaban J connectivity index is 1.40. The first-order valence-corrected chi connectivity index (χ1v) is 14.6. The fourth-order valence-corrected chi connectivity index (χ4v) is 4.97. The molecule has 226 valence electrons. The standard InChI is InChI=1S/C40H37NO4/c1-6-29-11-19-34(20-12-29)41(35-21-13-30(14-22-35)7-9-32-17-25-37(42-2)39(27-32)44-4)36-23-15-31(16-24-36)8-10-33-18-26-38(43-3)40(28-33)45-5/h6-28H,1H2,2-5H3. The zero-order chi connectivity index (χ0) is 31.6. The van der Waals surface area contributed by atoms with Crippen LogP contribution in [-0.2, 0) is 0 Å². The van der Waals surface area contributed by atoms with E-state index in [4.69, 9.17) is 18.9 Å². The smallest absolute Gasteiger partial charge is 0.161 e. The van der Waals surface area contributed by atoms with Gasteiger partial charge < -0.3 is 23.8 Å². The van der Waals surface area contributed by atoms with Gasteiger partial charge in [-0.15, -0.1) is 0 Å². The van der Waals surface area contributed by atoms with Crippen LogP contribution in [0.25, 0.3) is 30.4 Å². The predicted molar refractivity (Wildman–Crippen MR) is 188 cm³/mol. The molecule has 0 spiro atoms. The van der Waals surface area contributed by atoms with Crippen molar-refractivity contribution in [2.75, 3.05) is 33.3 Å². The van der Waals surface area contributed by atoms with Crippen LogP contribution >= 0.6 is 0 Å². The normalized spacial score (nSPS) is 11.0. The summed E-state index contributed by atoms with van der Waals surface area (Å²) in [5, 5.41) is 0. The molecule has 0 fully saturated rings. The second-order valence-corrected chi connectivity index (χ2v) is 10.2. The molecular weight excluding hydrogens is 558 g/mol. The SMILES string of the molecule is C=Cc1ccc(N(c2ccc(C=Cc3ccc(OC)c(OC)c3)cc2)c2ccc(C=Cc3ccc(OC)c(OC)c3)cc2)cc1. The van der Waals surface area contributed by atoms with Crippen LogP contribution in [0.2, 0.25) is 0 Å². The lowest BCUT2D eigenvalue weighted by Crippen LogP contribution is -2.09. The van der Waals surface area contributed by atoms with Crippen LogP contribution in [0.1, 0.15) is 27.8 Å². The van der Waals surface area contributed by atoms with Crippen molar-refractivity contribution in [2.24, 2.45) is 0 Å². The number of benzene rings is 5. The van der Waals surface area contributed by atoms with Crippen LogP contribution in [-0.4, -0.2) is 28.4 Å². The lowest BCUT2D eigenvalue weighted by molar-refractivity contribution is 0.355. The molecule has 5 aromatic carbocycles. The molecular formula is C40H37NO4. The van der Waals surface area contributed by atoms with Crippen LogP contribution in [0, 0.1) is 0 Å². The largest absolute Gasteiger partial charge is 0.493 e.